The summed E-state index contributed by atoms with van der Waals surface area (Å²) in [5.41, 5.74) is 7.16. The Kier molecular flexibility index (Phi) is 4.78. The lowest BCUT2D eigenvalue weighted by atomic mass is 10.0. The van der Waals surface area contributed by atoms with Crippen LogP contribution in [0, 0.1) is 11.3 Å². The maximum atomic E-state index is 8.79. The summed E-state index contributed by atoms with van der Waals surface area (Å²) in [4.78, 5) is 2.38. The fourth-order valence-corrected chi connectivity index (χ4v) is 2.47. The molecule has 1 aliphatic carbocycles. The van der Waals surface area contributed by atoms with E-state index in [2.05, 4.69) is 23.1 Å². The molecular formula is C15H21N3O. The second-order valence-electron chi connectivity index (χ2n) is 4.90. The highest BCUT2D eigenvalue weighted by Crippen LogP contribution is 2.34. The number of hydrogen-bond acceptors (Lipinski definition) is 4. The smallest absolute Gasteiger partial charge is 0.118 e. The van der Waals surface area contributed by atoms with Gasteiger partial charge in [-0.2, -0.15) is 5.26 Å². The van der Waals surface area contributed by atoms with Crippen molar-refractivity contribution in [1.29, 1.82) is 5.26 Å². The summed E-state index contributed by atoms with van der Waals surface area (Å²) in [6.45, 7) is 1.38. The third kappa shape index (κ3) is 3.46. The van der Waals surface area contributed by atoms with Crippen LogP contribution in [0.4, 0.5) is 0 Å². The standard InChI is InChI=1S/C15H21N3O/c1-19-14-7-3-12(4-8-14)15(11-17)18(10-2-9-16)13-5-6-13/h3-4,7-8,13,15H,2,5-6,10-11,17H2,1H3. The van der Waals surface area contributed by atoms with Gasteiger partial charge in [-0.25, -0.2) is 0 Å². The zero-order chi connectivity index (χ0) is 13.7. The van der Waals surface area contributed by atoms with Gasteiger partial charge in [-0.3, -0.25) is 4.90 Å². The van der Waals surface area contributed by atoms with Gasteiger partial charge in [0.2, 0.25) is 0 Å². The lowest BCUT2D eigenvalue weighted by Crippen LogP contribution is -2.36. The monoisotopic (exact) mass is 259 g/mol. The van der Waals surface area contributed by atoms with Gasteiger partial charge in [0.1, 0.15) is 5.75 Å². The maximum absolute atomic E-state index is 8.79. The van der Waals surface area contributed by atoms with Gasteiger partial charge in [0.15, 0.2) is 0 Å². The second-order valence-corrected chi connectivity index (χ2v) is 4.90. The maximum Gasteiger partial charge on any atom is 0.118 e. The first-order valence-corrected chi connectivity index (χ1v) is 6.77. The Morgan fingerprint density at radius 2 is 2.11 bits per heavy atom. The van der Waals surface area contributed by atoms with Crippen molar-refractivity contribution in [1.82, 2.24) is 4.90 Å². The second kappa shape index (κ2) is 6.55. The van der Waals surface area contributed by atoms with E-state index in [0.717, 1.165) is 12.3 Å². The molecule has 1 atom stereocenters. The molecule has 0 spiro atoms. The molecular weight excluding hydrogens is 238 g/mol. The van der Waals surface area contributed by atoms with E-state index in [9.17, 15) is 0 Å². The molecule has 1 aliphatic rings. The Balaban J connectivity index is 2.13. The quantitative estimate of drug-likeness (QED) is 0.814. The van der Waals surface area contributed by atoms with Crippen LogP contribution in [0.25, 0.3) is 0 Å². The number of benzene rings is 1. The summed E-state index contributed by atoms with van der Waals surface area (Å²) >= 11 is 0. The fourth-order valence-electron chi connectivity index (χ4n) is 2.47. The highest BCUT2D eigenvalue weighted by molar-refractivity contribution is 5.29. The van der Waals surface area contributed by atoms with Crippen LogP contribution < -0.4 is 10.5 Å². The first-order chi connectivity index (χ1) is 9.30. The minimum Gasteiger partial charge on any atom is -0.497 e. The number of nitriles is 1. The van der Waals surface area contributed by atoms with Crippen LogP contribution in [0.15, 0.2) is 24.3 Å². The van der Waals surface area contributed by atoms with E-state index in [4.69, 9.17) is 15.7 Å². The van der Waals surface area contributed by atoms with Crippen LogP contribution in [0.1, 0.15) is 30.9 Å². The summed E-state index contributed by atoms with van der Waals surface area (Å²) in [5.74, 6) is 0.856. The molecule has 1 aromatic carbocycles. The van der Waals surface area contributed by atoms with Gasteiger partial charge in [0.25, 0.3) is 0 Å². The summed E-state index contributed by atoms with van der Waals surface area (Å²) in [6.07, 6.45) is 3.00. The van der Waals surface area contributed by atoms with Crippen molar-refractivity contribution in [3.63, 3.8) is 0 Å². The Morgan fingerprint density at radius 3 is 2.58 bits per heavy atom. The molecule has 0 radical (unpaired) electrons. The van der Waals surface area contributed by atoms with Crippen molar-refractivity contribution >= 4 is 0 Å². The molecule has 4 heteroatoms. The average Bonchev–Trinajstić information content (AvgIpc) is 3.28. The molecule has 19 heavy (non-hydrogen) atoms. The molecule has 0 bridgehead atoms. The van der Waals surface area contributed by atoms with Gasteiger partial charge < -0.3 is 10.5 Å². The molecule has 0 amide bonds. The SMILES string of the molecule is COc1ccc(C(CN)N(CCC#N)C2CC2)cc1. The van der Waals surface area contributed by atoms with Crippen LogP contribution in [0.3, 0.4) is 0 Å². The average molecular weight is 259 g/mol. The molecule has 2 N–H and O–H groups in total. The van der Waals surface area contributed by atoms with Crippen LogP contribution in [0.5, 0.6) is 5.75 Å². The van der Waals surface area contributed by atoms with Gasteiger partial charge in [0.05, 0.1) is 13.2 Å². The number of nitrogens with two attached hydrogens (primary N) is 1. The normalized spacial score (nSPS) is 16.1. The van der Waals surface area contributed by atoms with E-state index in [1.807, 2.05) is 12.1 Å². The van der Waals surface area contributed by atoms with Crippen molar-refractivity contribution in [3.05, 3.63) is 29.8 Å². The first kappa shape index (κ1) is 13.9. The summed E-state index contributed by atoms with van der Waals surface area (Å²) in [5, 5.41) is 8.79. The lowest BCUT2D eigenvalue weighted by Gasteiger charge is -2.30. The molecule has 0 aliphatic heterocycles. The van der Waals surface area contributed by atoms with Gasteiger partial charge in [-0.05, 0) is 30.5 Å². The molecule has 0 heterocycles. The van der Waals surface area contributed by atoms with Gasteiger partial charge in [-0.1, -0.05) is 12.1 Å². The molecule has 0 saturated heterocycles. The van der Waals surface area contributed by atoms with Crippen molar-refractivity contribution in [2.75, 3.05) is 20.2 Å². The number of nitrogens with zero attached hydrogens (tertiary/aromatic N) is 2. The molecule has 0 aromatic heterocycles. The topological polar surface area (TPSA) is 62.3 Å². The third-order valence-corrected chi connectivity index (χ3v) is 3.62. The van der Waals surface area contributed by atoms with Crippen molar-refractivity contribution in [2.45, 2.75) is 31.3 Å². The van der Waals surface area contributed by atoms with Crippen LogP contribution >= 0.6 is 0 Å². The van der Waals surface area contributed by atoms with Crippen molar-refractivity contribution < 1.29 is 4.74 Å². The Bertz CT molecular complexity index is 434. The van der Waals surface area contributed by atoms with Gasteiger partial charge in [-0.15, -0.1) is 0 Å². The Morgan fingerprint density at radius 1 is 1.42 bits per heavy atom. The van der Waals surface area contributed by atoms with E-state index in [1.54, 1.807) is 7.11 Å². The Labute approximate surface area is 114 Å². The predicted molar refractivity (Wildman–Crippen MR) is 74.7 cm³/mol. The van der Waals surface area contributed by atoms with E-state index in [1.165, 1.54) is 18.4 Å². The van der Waals surface area contributed by atoms with E-state index in [0.29, 0.717) is 19.0 Å². The number of hydrogen-bond donors (Lipinski definition) is 1. The van der Waals surface area contributed by atoms with Crippen molar-refractivity contribution in [2.24, 2.45) is 5.73 Å². The molecule has 4 nitrogen and oxygen atoms in total. The highest BCUT2D eigenvalue weighted by Gasteiger charge is 2.33. The summed E-state index contributed by atoms with van der Waals surface area (Å²) in [6, 6.07) is 11.1. The largest absolute Gasteiger partial charge is 0.497 e. The zero-order valence-electron chi connectivity index (χ0n) is 11.4. The zero-order valence-corrected chi connectivity index (χ0v) is 11.4. The molecule has 2 rings (SSSR count). The molecule has 1 saturated carbocycles. The van der Waals surface area contributed by atoms with Crippen LogP contribution in [0.2, 0.25) is 0 Å². The number of rotatable bonds is 7. The molecule has 1 fully saturated rings. The van der Waals surface area contributed by atoms with Crippen LogP contribution in [-0.2, 0) is 0 Å². The molecule has 1 aromatic rings. The minimum atomic E-state index is 0.201. The number of methoxy groups -OCH3 is 1. The number of ether oxygens (including phenoxy) is 1. The van der Waals surface area contributed by atoms with E-state index < -0.39 is 0 Å². The van der Waals surface area contributed by atoms with E-state index >= 15 is 0 Å². The lowest BCUT2D eigenvalue weighted by molar-refractivity contribution is 0.195. The summed E-state index contributed by atoms with van der Waals surface area (Å²) in [7, 11) is 1.67. The molecule has 102 valence electrons. The highest BCUT2D eigenvalue weighted by atomic mass is 16.5. The van der Waals surface area contributed by atoms with Crippen molar-refractivity contribution in [3.8, 4) is 11.8 Å². The van der Waals surface area contributed by atoms with E-state index in [-0.39, 0.29) is 6.04 Å². The van der Waals surface area contributed by atoms with Gasteiger partial charge >= 0.3 is 0 Å². The Hall–Kier alpha value is -1.57. The fraction of sp³-hybridized carbons (Fsp3) is 0.533. The third-order valence-electron chi connectivity index (χ3n) is 3.62. The predicted octanol–water partition coefficient (Wildman–Crippen LogP) is 2.07. The summed E-state index contributed by atoms with van der Waals surface area (Å²) < 4.78 is 5.18. The minimum absolute atomic E-state index is 0.201. The molecule has 1 unspecified atom stereocenters. The first-order valence-electron chi connectivity index (χ1n) is 6.77. The van der Waals surface area contributed by atoms with Gasteiger partial charge in [0, 0.05) is 31.6 Å². The van der Waals surface area contributed by atoms with Crippen LogP contribution in [-0.4, -0.2) is 31.1 Å².